The quantitative estimate of drug-likeness (QED) is 0.800. The molecule has 150 valence electrons. The van der Waals surface area contributed by atoms with Gasteiger partial charge in [0.15, 0.2) is 0 Å². The van der Waals surface area contributed by atoms with Crippen LogP contribution in [0.3, 0.4) is 0 Å². The molecule has 9 heteroatoms. The maximum absolute atomic E-state index is 13.2. The lowest BCUT2D eigenvalue weighted by molar-refractivity contribution is -0.116. The van der Waals surface area contributed by atoms with Crippen molar-refractivity contribution < 1.29 is 17.6 Å². The third-order valence-electron chi connectivity index (χ3n) is 4.59. The van der Waals surface area contributed by atoms with Crippen molar-refractivity contribution in [3.05, 3.63) is 63.9 Å². The van der Waals surface area contributed by atoms with Crippen LogP contribution < -0.4 is 5.32 Å². The molecule has 0 aromatic heterocycles. The van der Waals surface area contributed by atoms with E-state index >= 15 is 0 Å². The first kappa shape index (κ1) is 20.7. The zero-order chi connectivity index (χ0) is 20.5. The molecule has 1 heterocycles. The predicted octanol–water partition coefficient (Wildman–Crippen LogP) is 3.10. The van der Waals surface area contributed by atoms with E-state index < -0.39 is 21.9 Å². The van der Waals surface area contributed by atoms with Gasteiger partial charge in [-0.3, -0.25) is 4.79 Å². The largest absolute Gasteiger partial charge is 0.325 e. The number of halogens is 2. The van der Waals surface area contributed by atoms with Gasteiger partial charge in [0.25, 0.3) is 10.2 Å². The Hall–Kier alpha value is -2.00. The molecule has 28 heavy (non-hydrogen) atoms. The van der Waals surface area contributed by atoms with Gasteiger partial charge in [0, 0.05) is 30.3 Å². The number of hydrogen-bond donors (Lipinski definition) is 1. The zero-order valence-electron chi connectivity index (χ0n) is 15.6. The van der Waals surface area contributed by atoms with Gasteiger partial charge < -0.3 is 5.32 Å². The number of nitrogens with zero attached hydrogens (tertiary/aromatic N) is 2. The van der Waals surface area contributed by atoms with E-state index in [-0.39, 0.29) is 31.2 Å². The molecule has 2 aromatic carbocycles. The van der Waals surface area contributed by atoms with Crippen LogP contribution in [-0.2, 0) is 21.5 Å². The van der Waals surface area contributed by atoms with Crippen molar-refractivity contribution in [2.75, 3.05) is 25.0 Å². The topological polar surface area (TPSA) is 69.7 Å². The molecular formula is C19H21ClFN3O3S. The highest BCUT2D eigenvalue weighted by Crippen LogP contribution is 2.24. The Morgan fingerprint density at radius 2 is 1.86 bits per heavy atom. The van der Waals surface area contributed by atoms with Crippen LogP contribution in [0.25, 0.3) is 0 Å². The number of rotatable bonds is 5. The second kappa shape index (κ2) is 8.16. The number of amides is 1. The molecule has 0 unspecified atom stereocenters. The van der Waals surface area contributed by atoms with Crippen molar-refractivity contribution in [3.63, 3.8) is 0 Å². The van der Waals surface area contributed by atoms with Crippen LogP contribution in [0.4, 0.5) is 10.1 Å². The smallest absolute Gasteiger partial charge is 0.282 e. The van der Waals surface area contributed by atoms with Crippen LogP contribution in [0.5, 0.6) is 0 Å². The zero-order valence-corrected chi connectivity index (χ0v) is 17.1. The lowest BCUT2D eigenvalue weighted by Crippen LogP contribution is -2.38. The number of benzene rings is 2. The van der Waals surface area contributed by atoms with Crippen molar-refractivity contribution in [1.82, 2.24) is 8.61 Å². The second-order valence-corrected chi connectivity index (χ2v) is 9.11. The lowest BCUT2D eigenvalue weighted by Gasteiger charge is -2.19. The van der Waals surface area contributed by atoms with E-state index in [0.717, 1.165) is 21.5 Å². The molecule has 1 fully saturated rings. The first-order valence-electron chi connectivity index (χ1n) is 8.73. The number of nitrogens with one attached hydrogen (secondary N) is 1. The van der Waals surface area contributed by atoms with Crippen LogP contribution in [-0.4, -0.2) is 42.6 Å². The van der Waals surface area contributed by atoms with E-state index in [1.54, 1.807) is 6.07 Å². The summed E-state index contributed by atoms with van der Waals surface area (Å²) < 4.78 is 41.0. The molecule has 1 N–H and O–H groups in total. The molecule has 0 radical (unpaired) electrons. The summed E-state index contributed by atoms with van der Waals surface area (Å²) in [5.74, 6) is -0.889. The van der Waals surface area contributed by atoms with Crippen LogP contribution in [0.1, 0.15) is 16.7 Å². The van der Waals surface area contributed by atoms with E-state index in [1.807, 2.05) is 26.0 Å². The van der Waals surface area contributed by atoms with Crippen molar-refractivity contribution in [2.24, 2.45) is 0 Å². The molecule has 6 nitrogen and oxygen atoms in total. The highest BCUT2D eigenvalue weighted by Gasteiger charge is 2.37. The third-order valence-corrected chi connectivity index (χ3v) is 6.87. The molecule has 1 aliphatic rings. The first-order chi connectivity index (χ1) is 13.2. The summed E-state index contributed by atoms with van der Waals surface area (Å²) in [6, 6.07) is 9.46. The molecule has 1 saturated heterocycles. The summed E-state index contributed by atoms with van der Waals surface area (Å²) in [7, 11) is -3.80. The molecule has 3 rings (SSSR count). The number of anilines is 1. The Balaban J connectivity index is 1.66. The fourth-order valence-corrected chi connectivity index (χ4v) is 4.84. The standard InChI is InChI=1S/C19H21ClFN3O3S/c1-13-3-6-18(14(2)9-13)22-19(25)12-24-8-7-23(28(24,26)27)11-15-4-5-16(21)10-17(15)20/h3-6,9-10H,7-8,11-12H2,1-2H3,(H,22,25). The average molecular weight is 426 g/mol. The van der Waals surface area contributed by atoms with E-state index in [9.17, 15) is 17.6 Å². The lowest BCUT2D eigenvalue weighted by atomic mass is 10.1. The monoisotopic (exact) mass is 425 g/mol. The van der Waals surface area contributed by atoms with Crippen molar-refractivity contribution >= 4 is 33.4 Å². The fraction of sp³-hybridized carbons (Fsp3) is 0.316. The molecule has 1 aliphatic heterocycles. The Morgan fingerprint density at radius 3 is 2.54 bits per heavy atom. The highest BCUT2D eigenvalue weighted by atomic mass is 35.5. The van der Waals surface area contributed by atoms with Crippen LogP contribution in [0, 0.1) is 19.7 Å². The summed E-state index contributed by atoms with van der Waals surface area (Å²) in [5.41, 5.74) is 3.15. The average Bonchev–Trinajstić information content (AvgIpc) is 2.87. The molecular weight excluding hydrogens is 405 g/mol. The van der Waals surface area contributed by atoms with Crippen LogP contribution >= 0.6 is 11.6 Å². The van der Waals surface area contributed by atoms with Crippen LogP contribution in [0.15, 0.2) is 36.4 Å². The number of carbonyl (C=O) groups excluding carboxylic acids is 1. The van der Waals surface area contributed by atoms with Gasteiger partial charge in [0.05, 0.1) is 6.54 Å². The number of carbonyl (C=O) groups is 1. The van der Waals surface area contributed by atoms with Gasteiger partial charge in [-0.1, -0.05) is 35.4 Å². The molecule has 0 aliphatic carbocycles. The summed E-state index contributed by atoms with van der Waals surface area (Å²) >= 11 is 6.00. The van der Waals surface area contributed by atoms with Gasteiger partial charge in [-0.2, -0.15) is 17.0 Å². The minimum Gasteiger partial charge on any atom is -0.325 e. The van der Waals surface area contributed by atoms with Crippen molar-refractivity contribution in [2.45, 2.75) is 20.4 Å². The number of hydrogen-bond acceptors (Lipinski definition) is 3. The van der Waals surface area contributed by atoms with Gasteiger partial charge in [0.2, 0.25) is 5.91 Å². The van der Waals surface area contributed by atoms with Gasteiger partial charge >= 0.3 is 0 Å². The second-order valence-electron chi connectivity index (χ2n) is 6.78. The minimum atomic E-state index is -3.80. The van der Waals surface area contributed by atoms with Gasteiger partial charge in [-0.25, -0.2) is 4.39 Å². The maximum Gasteiger partial charge on any atom is 0.282 e. The van der Waals surface area contributed by atoms with Crippen molar-refractivity contribution in [3.8, 4) is 0 Å². The summed E-state index contributed by atoms with van der Waals surface area (Å²) in [4.78, 5) is 12.4. The first-order valence-corrected chi connectivity index (χ1v) is 10.5. The van der Waals surface area contributed by atoms with E-state index in [2.05, 4.69) is 5.32 Å². The Kier molecular flexibility index (Phi) is 6.04. The molecule has 0 spiro atoms. The fourth-order valence-electron chi connectivity index (χ4n) is 3.08. The SMILES string of the molecule is Cc1ccc(NC(=O)CN2CCN(Cc3ccc(F)cc3Cl)S2(=O)=O)c(C)c1. The molecule has 0 bridgehead atoms. The molecule has 0 saturated carbocycles. The van der Waals surface area contributed by atoms with Crippen LogP contribution in [0.2, 0.25) is 5.02 Å². The number of aryl methyl sites for hydroxylation is 2. The Labute approximate surface area is 169 Å². The summed E-state index contributed by atoms with van der Waals surface area (Å²) in [5, 5.41) is 2.92. The molecule has 1 amide bonds. The van der Waals surface area contributed by atoms with Crippen molar-refractivity contribution in [1.29, 1.82) is 0 Å². The predicted molar refractivity (Wildman–Crippen MR) is 107 cm³/mol. The Bertz CT molecular complexity index is 1010. The van der Waals surface area contributed by atoms with Gasteiger partial charge in [-0.15, -0.1) is 0 Å². The van der Waals surface area contributed by atoms with E-state index in [4.69, 9.17) is 11.6 Å². The maximum atomic E-state index is 13.2. The molecule has 0 atom stereocenters. The molecule has 2 aromatic rings. The summed E-state index contributed by atoms with van der Waals surface area (Å²) in [6.45, 7) is 4.01. The van der Waals surface area contributed by atoms with E-state index in [0.29, 0.717) is 11.3 Å². The third kappa shape index (κ3) is 4.52. The normalized spacial score (nSPS) is 17.0. The highest BCUT2D eigenvalue weighted by molar-refractivity contribution is 7.87. The summed E-state index contributed by atoms with van der Waals surface area (Å²) in [6.07, 6.45) is 0. The van der Waals surface area contributed by atoms with Gasteiger partial charge in [0.1, 0.15) is 5.82 Å². The van der Waals surface area contributed by atoms with E-state index in [1.165, 1.54) is 16.4 Å². The minimum absolute atomic E-state index is 0.0244. The van der Waals surface area contributed by atoms with Gasteiger partial charge in [-0.05, 0) is 43.2 Å². The Morgan fingerprint density at radius 1 is 1.14 bits per heavy atom.